The lowest BCUT2D eigenvalue weighted by Crippen LogP contribution is -1.94. The highest BCUT2D eigenvalue weighted by molar-refractivity contribution is 6.30. The summed E-state index contributed by atoms with van der Waals surface area (Å²) in [6, 6.07) is 7.91. The van der Waals surface area contributed by atoms with Crippen LogP contribution in [0.2, 0.25) is 5.02 Å². The van der Waals surface area contributed by atoms with Gasteiger partial charge in [-0.2, -0.15) is 0 Å². The molecule has 0 spiro atoms. The molecule has 1 atom stereocenters. The van der Waals surface area contributed by atoms with Gasteiger partial charge in [-0.1, -0.05) is 23.7 Å². The number of ether oxygens (including phenoxy) is 1. The second-order valence-electron chi connectivity index (χ2n) is 3.05. The predicted molar refractivity (Wildman–Crippen MR) is 49.4 cm³/mol. The highest BCUT2D eigenvalue weighted by Gasteiger charge is 2.16. The van der Waals surface area contributed by atoms with Gasteiger partial charge in [0, 0.05) is 11.6 Å². The highest BCUT2D eigenvalue weighted by Crippen LogP contribution is 2.28. The summed E-state index contributed by atoms with van der Waals surface area (Å²) in [5.41, 5.74) is 1.25. The van der Waals surface area contributed by atoms with E-state index in [0.29, 0.717) is 6.10 Å². The first-order valence-corrected chi connectivity index (χ1v) is 4.61. The van der Waals surface area contributed by atoms with E-state index in [9.17, 15) is 0 Å². The van der Waals surface area contributed by atoms with E-state index >= 15 is 0 Å². The summed E-state index contributed by atoms with van der Waals surface area (Å²) in [7, 11) is 0. The molecule has 1 heterocycles. The molecule has 0 saturated carbocycles. The highest BCUT2D eigenvalue weighted by atomic mass is 35.5. The van der Waals surface area contributed by atoms with Crippen LogP contribution in [0.3, 0.4) is 0 Å². The molecule has 12 heavy (non-hydrogen) atoms. The van der Waals surface area contributed by atoms with E-state index in [1.807, 2.05) is 24.3 Å². The number of rotatable bonds is 1. The van der Waals surface area contributed by atoms with E-state index in [2.05, 4.69) is 0 Å². The van der Waals surface area contributed by atoms with E-state index in [1.54, 1.807) is 0 Å². The minimum Gasteiger partial charge on any atom is -0.374 e. The summed E-state index contributed by atoms with van der Waals surface area (Å²) in [6.45, 7) is 0.896. The Balaban J connectivity index is 2.17. The molecule has 1 aliphatic rings. The van der Waals surface area contributed by atoms with Crippen molar-refractivity contribution in [3.63, 3.8) is 0 Å². The molecule has 1 aliphatic heterocycles. The number of halogens is 1. The molecule has 1 aromatic carbocycles. The Kier molecular flexibility index (Phi) is 2.33. The summed E-state index contributed by atoms with van der Waals surface area (Å²) in [4.78, 5) is 0. The first-order chi connectivity index (χ1) is 5.86. The van der Waals surface area contributed by atoms with Crippen molar-refractivity contribution in [2.45, 2.75) is 18.9 Å². The zero-order valence-electron chi connectivity index (χ0n) is 6.79. The fraction of sp³-hybridized carbons (Fsp3) is 0.400. The van der Waals surface area contributed by atoms with Crippen molar-refractivity contribution >= 4 is 11.6 Å². The topological polar surface area (TPSA) is 9.23 Å². The molecular weight excluding hydrogens is 172 g/mol. The largest absolute Gasteiger partial charge is 0.374 e. The second kappa shape index (κ2) is 3.46. The number of benzene rings is 1. The average molecular weight is 183 g/mol. The van der Waals surface area contributed by atoms with Crippen LogP contribution in [-0.4, -0.2) is 6.61 Å². The van der Waals surface area contributed by atoms with Crippen LogP contribution < -0.4 is 0 Å². The summed E-state index contributed by atoms with van der Waals surface area (Å²) in [6.07, 6.45) is 2.62. The zero-order chi connectivity index (χ0) is 8.39. The molecule has 0 aromatic heterocycles. The fourth-order valence-corrected chi connectivity index (χ4v) is 1.64. The Morgan fingerprint density at radius 3 is 2.58 bits per heavy atom. The van der Waals surface area contributed by atoms with Crippen LogP contribution in [0.5, 0.6) is 0 Å². The van der Waals surface area contributed by atoms with E-state index in [-0.39, 0.29) is 0 Å². The molecule has 2 heteroatoms. The molecule has 2 rings (SSSR count). The van der Waals surface area contributed by atoms with Crippen LogP contribution >= 0.6 is 11.6 Å². The minimum atomic E-state index is 0.308. The van der Waals surface area contributed by atoms with Gasteiger partial charge >= 0.3 is 0 Å². The van der Waals surface area contributed by atoms with Crippen LogP contribution in [0.4, 0.5) is 0 Å². The Hall–Kier alpha value is -0.530. The molecule has 0 bridgehead atoms. The molecular formula is C10H11ClO. The van der Waals surface area contributed by atoms with Crippen molar-refractivity contribution in [2.24, 2.45) is 0 Å². The van der Waals surface area contributed by atoms with Gasteiger partial charge in [0.15, 0.2) is 0 Å². The summed E-state index contributed by atoms with van der Waals surface area (Å²) >= 11 is 5.78. The van der Waals surface area contributed by atoms with E-state index in [0.717, 1.165) is 18.1 Å². The van der Waals surface area contributed by atoms with Crippen LogP contribution in [0.1, 0.15) is 24.5 Å². The van der Waals surface area contributed by atoms with Crippen LogP contribution in [0.25, 0.3) is 0 Å². The smallest absolute Gasteiger partial charge is 0.0825 e. The maximum absolute atomic E-state index is 5.78. The molecule has 1 saturated heterocycles. The van der Waals surface area contributed by atoms with Crippen molar-refractivity contribution in [1.82, 2.24) is 0 Å². The van der Waals surface area contributed by atoms with E-state index < -0.39 is 0 Å². The normalized spacial score (nSPS) is 22.9. The van der Waals surface area contributed by atoms with Gasteiger partial charge in [0.1, 0.15) is 0 Å². The van der Waals surface area contributed by atoms with Crippen molar-refractivity contribution in [3.8, 4) is 0 Å². The Labute approximate surface area is 77.3 Å². The first-order valence-electron chi connectivity index (χ1n) is 4.23. The standard InChI is InChI=1S/C10H11ClO/c11-9-5-3-8(4-6-9)10-2-1-7-12-10/h3-6,10H,1-2,7H2/t10-/m0/s1. The van der Waals surface area contributed by atoms with Crippen LogP contribution in [0.15, 0.2) is 24.3 Å². The summed E-state index contributed by atoms with van der Waals surface area (Å²) < 4.78 is 5.54. The Bertz CT molecular complexity index is 249. The summed E-state index contributed by atoms with van der Waals surface area (Å²) in [5, 5.41) is 0.789. The van der Waals surface area contributed by atoms with Gasteiger partial charge in [0.25, 0.3) is 0 Å². The summed E-state index contributed by atoms with van der Waals surface area (Å²) in [5.74, 6) is 0. The van der Waals surface area contributed by atoms with Crippen molar-refractivity contribution < 1.29 is 4.74 Å². The third kappa shape index (κ3) is 1.62. The van der Waals surface area contributed by atoms with E-state index in [4.69, 9.17) is 16.3 Å². The van der Waals surface area contributed by atoms with Crippen molar-refractivity contribution in [2.75, 3.05) is 6.61 Å². The van der Waals surface area contributed by atoms with E-state index in [1.165, 1.54) is 12.0 Å². The lowest BCUT2D eigenvalue weighted by atomic mass is 10.1. The molecule has 0 amide bonds. The predicted octanol–water partition coefficient (Wildman–Crippen LogP) is 3.19. The minimum absolute atomic E-state index is 0.308. The van der Waals surface area contributed by atoms with Gasteiger partial charge in [-0.15, -0.1) is 0 Å². The molecule has 0 radical (unpaired) electrons. The lowest BCUT2D eigenvalue weighted by molar-refractivity contribution is 0.112. The lowest BCUT2D eigenvalue weighted by Gasteiger charge is -2.08. The van der Waals surface area contributed by atoms with Gasteiger partial charge in [0.2, 0.25) is 0 Å². The molecule has 0 aliphatic carbocycles. The molecule has 1 nitrogen and oxygen atoms in total. The SMILES string of the molecule is Clc1ccc([C@@H]2CCCO2)cc1. The monoisotopic (exact) mass is 182 g/mol. The van der Waals surface area contributed by atoms with Crippen LogP contribution in [0, 0.1) is 0 Å². The van der Waals surface area contributed by atoms with Gasteiger partial charge in [-0.3, -0.25) is 0 Å². The quantitative estimate of drug-likeness (QED) is 0.648. The fourth-order valence-electron chi connectivity index (χ4n) is 1.52. The zero-order valence-corrected chi connectivity index (χ0v) is 7.55. The Morgan fingerprint density at radius 2 is 2.00 bits per heavy atom. The van der Waals surface area contributed by atoms with Crippen LogP contribution in [-0.2, 0) is 4.74 Å². The third-order valence-corrected chi connectivity index (χ3v) is 2.42. The van der Waals surface area contributed by atoms with Gasteiger partial charge < -0.3 is 4.74 Å². The average Bonchev–Trinajstić information content (AvgIpc) is 2.58. The van der Waals surface area contributed by atoms with Gasteiger partial charge in [0.05, 0.1) is 6.10 Å². The maximum atomic E-state index is 5.78. The third-order valence-electron chi connectivity index (χ3n) is 2.17. The number of hydrogen-bond donors (Lipinski definition) is 0. The van der Waals surface area contributed by atoms with Gasteiger partial charge in [-0.05, 0) is 30.5 Å². The molecule has 1 aromatic rings. The molecule has 64 valence electrons. The van der Waals surface area contributed by atoms with Crippen molar-refractivity contribution in [3.05, 3.63) is 34.9 Å². The molecule has 0 unspecified atom stereocenters. The molecule has 1 fully saturated rings. The Morgan fingerprint density at radius 1 is 1.25 bits per heavy atom. The van der Waals surface area contributed by atoms with Gasteiger partial charge in [-0.25, -0.2) is 0 Å². The molecule has 0 N–H and O–H groups in total. The van der Waals surface area contributed by atoms with Crippen molar-refractivity contribution in [1.29, 1.82) is 0 Å². The number of hydrogen-bond acceptors (Lipinski definition) is 1. The second-order valence-corrected chi connectivity index (χ2v) is 3.49. The maximum Gasteiger partial charge on any atom is 0.0825 e. The first kappa shape index (κ1) is 8.09.